The molecule has 6 nitrogen and oxygen atoms in total. The van der Waals surface area contributed by atoms with Crippen molar-refractivity contribution in [1.82, 2.24) is 25.0 Å². The average Bonchev–Trinajstić information content (AvgIpc) is 3.17. The van der Waals surface area contributed by atoms with Crippen LogP contribution < -0.4 is 5.32 Å². The Labute approximate surface area is 156 Å². The van der Waals surface area contributed by atoms with Crippen LogP contribution in [0.1, 0.15) is 11.6 Å². The van der Waals surface area contributed by atoms with Crippen molar-refractivity contribution in [3.05, 3.63) is 72.3 Å². The van der Waals surface area contributed by atoms with Gasteiger partial charge in [0.05, 0.1) is 6.04 Å². The van der Waals surface area contributed by atoms with E-state index in [1.807, 2.05) is 36.4 Å². The highest BCUT2D eigenvalue weighted by molar-refractivity contribution is 5.76. The lowest BCUT2D eigenvalue weighted by Gasteiger charge is -2.36. The fourth-order valence-electron chi connectivity index (χ4n) is 3.33. The molecule has 7 heteroatoms. The molecule has 1 N–H and O–H groups in total. The molecule has 4 rings (SSSR count). The molecule has 0 spiro atoms. The molecule has 2 heterocycles. The summed E-state index contributed by atoms with van der Waals surface area (Å²) in [6.45, 7) is 1.98. The van der Waals surface area contributed by atoms with E-state index in [1.165, 1.54) is 12.1 Å². The summed E-state index contributed by atoms with van der Waals surface area (Å²) in [5.74, 6) is 0.231. The fraction of sp³-hybridized carbons (Fsp3) is 0.250. The topological polar surface area (TPSA) is 63.1 Å². The first kappa shape index (κ1) is 17.4. The second kappa shape index (κ2) is 7.67. The summed E-state index contributed by atoms with van der Waals surface area (Å²) in [6.07, 6.45) is 1.57. The molecular formula is C20H20FN5O. The lowest BCUT2D eigenvalue weighted by Crippen LogP contribution is -2.49. The summed E-state index contributed by atoms with van der Waals surface area (Å²) in [4.78, 5) is 19.0. The third-order valence-corrected chi connectivity index (χ3v) is 4.66. The molecule has 1 amide bonds. The fourth-order valence-corrected chi connectivity index (χ4v) is 3.33. The Hall–Kier alpha value is -3.06. The van der Waals surface area contributed by atoms with Gasteiger partial charge in [0.2, 0.25) is 5.91 Å². The van der Waals surface area contributed by atoms with Crippen LogP contribution in [0, 0.1) is 5.82 Å². The number of carbonyl (C=O) groups excluding carboxylic acids is 1. The van der Waals surface area contributed by atoms with E-state index in [4.69, 9.17) is 0 Å². The average molecular weight is 365 g/mol. The first-order valence-corrected chi connectivity index (χ1v) is 8.91. The van der Waals surface area contributed by atoms with Gasteiger partial charge < -0.3 is 10.2 Å². The SMILES string of the molecule is O=C(Cn1cnc(-c2ccccc2)n1)N1CCNCC1c1cccc(F)c1. The number of halogens is 1. The molecule has 0 saturated carbocycles. The summed E-state index contributed by atoms with van der Waals surface area (Å²) in [7, 11) is 0. The number of hydrogen-bond donors (Lipinski definition) is 1. The monoisotopic (exact) mass is 365 g/mol. The summed E-state index contributed by atoms with van der Waals surface area (Å²) in [5.41, 5.74) is 1.70. The van der Waals surface area contributed by atoms with Crippen LogP contribution in [0.5, 0.6) is 0 Å². The van der Waals surface area contributed by atoms with Gasteiger partial charge in [0.15, 0.2) is 5.82 Å². The number of rotatable bonds is 4. The van der Waals surface area contributed by atoms with Gasteiger partial charge in [0, 0.05) is 25.2 Å². The molecule has 1 aliphatic rings. The van der Waals surface area contributed by atoms with Crippen LogP contribution in [-0.2, 0) is 11.3 Å². The smallest absolute Gasteiger partial charge is 0.244 e. The molecule has 2 aromatic carbocycles. The molecule has 1 aromatic heterocycles. The lowest BCUT2D eigenvalue weighted by molar-refractivity contribution is -0.135. The number of nitrogens with zero attached hydrogens (tertiary/aromatic N) is 4. The molecule has 1 fully saturated rings. The maximum absolute atomic E-state index is 13.6. The minimum absolute atomic E-state index is 0.0599. The predicted octanol–water partition coefficient (Wildman–Crippen LogP) is 2.26. The van der Waals surface area contributed by atoms with Crippen LogP contribution in [0.25, 0.3) is 11.4 Å². The lowest BCUT2D eigenvalue weighted by atomic mass is 10.0. The van der Waals surface area contributed by atoms with E-state index in [0.29, 0.717) is 25.5 Å². The third-order valence-electron chi connectivity index (χ3n) is 4.66. The number of amides is 1. The summed E-state index contributed by atoms with van der Waals surface area (Å²) < 4.78 is 15.2. The Balaban J connectivity index is 1.50. The van der Waals surface area contributed by atoms with Crippen molar-refractivity contribution in [2.45, 2.75) is 12.6 Å². The normalized spacial score (nSPS) is 17.1. The Bertz CT molecular complexity index is 927. The molecule has 138 valence electrons. The number of nitrogens with one attached hydrogen (secondary N) is 1. The largest absolute Gasteiger partial charge is 0.331 e. The molecule has 0 bridgehead atoms. The predicted molar refractivity (Wildman–Crippen MR) is 99.2 cm³/mol. The molecule has 1 aliphatic heterocycles. The van der Waals surface area contributed by atoms with Crippen LogP contribution in [0.3, 0.4) is 0 Å². The maximum Gasteiger partial charge on any atom is 0.244 e. The number of carbonyl (C=O) groups is 1. The summed E-state index contributed by atoms with van der Waals surface area (Å²) >= 11 is 0. The molecule has 1 atom stereocenters. The van der Waals surface area contributed by atoms with E-state index >= 15 is 0 Å². The van der Waals surface area contributed by atoms with Crippen LogP contribution in [0.4, 0.5) is 4.39 Å². The van der Waals surface area contributed by atoms with Gasteiger partial charge in [-0.1, -0.05) is 42.5 Å². The van der Waals surface area contributed by atoms with Crippen LogP contribution in [0.2, 0.25) is 0 Å². The third kappa shape index (κ3) is 3.88. The minimum Gasteiger partial charge on any atom is -0.331 e. The standard InChI is InChI=1S/C20H20FN5O/c21-17-8-4-7-16(11-17)18-12-22-9-10-26(18)19(27)13-25-14-23-20(24-25)15-5-2-1-3-6-15/h1-8,11,14,18,22H,9-10,12-13H2. The van der Waals surface area contributed by atoms with Gasteiger partial charge in [-0.3, -0.25) is 4.79 Å². The van der Waals surface area contributed by atoms with Crippen molar-refractivity contribution in [2.75, 3.05) is 19.6 Å². The Morgan fingerprint density at radius 2 is 2.04 bits per heavy atom. The van der Waals surface area contributed by atoms with Crippen molar-refractivity contribution in [2.24, 2.45) is 0 Å². The van der Waals surface area contributed by atoms with Gasteiger partial charge in [-0.15, -0.1) is 0 Å². The Morgan fingerprint density at radius 1 is 1.19 bits per heavy atom. The first-order valence-electron chi connectivity index (χ1n) is 8.91. The van der Waals surface area contributed by atoms with Crippen molar-refractivity contribution in [3.8, 4) is 11.4 Å². The van der Waals surface area contributed by atoms with Gasteiger partial charge in [0.1, 0.15) is 18.7 Å². The van der Waals surface area contributed by atoms with Crippen molar-refractivity contribution < 1.29 is 9.18 Å². The summed E-state index contributed by atoms with van der Waals surface area (Å²) in [5, 5.41) is 7.69. The quantitative estimate of drug-likeness (QED) is 0.770. The van der Waals surface area contributed by atoms with Crippen LogP contribution in [0.15, 0.2) is 60.9 Å². The van der Waals surface area contributed by atoms with E-state index < -0.39 is 0 Å². The molecular weight excluding hydrogens is 345 g/mol. The minimum atomic E-state index is -0.297. The molecule has 3 aromatic rings. The molecule has 0 aliphatic carbocycles. The number of hydrogen-bond acceptors (Lipinski definition) is 4. The number of benzene rings is 2. The van der Waals surface area contributed by atoms with E-state index in [-0.39, 0.29) is 24.3 Å². The highest BCUT2D eigenvalue weighted by atomic mass is 19.1. The van der Waals surface area contributed by atoms with E-state index in [0.717, 1.165) is 11.1 Å². The van der Waals surface area contributed by atoms with Crippen LogP contribution >= 0.6 is 0 Å². The van der Waals surface area contributed by atoms with Gasteiger partial charge in [0.25, 0.3) is 0 Å². The molecule has 1 saturated heterocycles. The van der Waals surface area contributed by atoms with Gasteiger partial charge in [-0.05, 0) is 17.7 Å². The van der Waals surface area contributed by atoms with Crippen molar-refractivity contribution in [1.29, 1.82) is 0 Å². The highest BCUT2D eigenvalue weighted by Crippen LogP contribution is 2.23. The number of piperazine rings is 1. The van der Waals surface area contributed by atoms with Gasteiger partial charge in [-0.2, -0.15) is 5.10 Å². The highest BCUT2D eigenvalue weighted by Gasteiger charge is 2.28. The zero-order valence-corrected chi connectivity index (χ0v) is 14.8. The summed E-state index contributed by atoms with van der Waals surface area (Å²) in [6, 6.07) is 15.9. The van der Waals surface area contributed by atoms with Gasteiger partial charge >= 0.3 is 0 Å². The Kier molecular flexibility index (Phi) is 4.93. The van der Waals surface area contributed by atoms with Crippen molar-refractivity contribution in [3.63, 3.8) is 0 Å². The number of aromatic nitrogens is 3. The van der Waals surface area contributed by atoms with E-state index in [1.54, 1.807) is 22.0 Å². The molecule has 1 unspecified atom stereocenters. The van der Waals surface area contributed by atoms with Gasteiger partial charge in [-0.25, -0.2) is 14.1 Å². The van der Waals surface area contributed by atoms with E-state index in [2.05, 4.69) is 15.4 Å². The van der Waals surface area contributed by atoms with Crippen LogP contribution in [-0.4, -0.2) is 45.2 Å². The van der Waals surface area contributed by atoms with Crippen molar-refractivity contribution >= 4 is 5.91 Å². The second-order valence-electron chi connectivity index (χ2n) is 6.49. The Morgan fingerprint density at radius 3 is 2.85 bits per heavy atom. The molecule has 27 heavy (non-hydrogen) atoms. The maximum atomic E-state index is 13.6. The zero-order chi connectivity index (χ0) is 18.6. The zero-order valence-electron chi connectivity index (χ0n) is 14.8. The van der Waals surface area contributed by atoms with E-state index in [9.17, 15) is 9.18 Å². The molecule has 0 radical (unpaired) electrons. The second-order valence-corrected chi connectivity index (χ2v) is 6.49. The first-order chi connectivity index (χ1) is 13.2.